The molecule has 1 aromatic carbocycles. The quantitative estimate of drug-likeness (QED) is 0.651. The zero-order chi connectivity index (χ0) is 16.9. The van der Waals surface area contributed by atoms with E-state index in [9.17, 15) is 0 Å². The summed E-state index contributed by atoms with van der Waals surface area (Å²) >= 11 is 0. The minimum absolute atomic E-state index is 0.0577. The number of likely N-dealkylation sites (N-methyl/N-ethyl adjacent to an activating group) is 1. The van der Waals surface area contributed by atoms with Crippen molar-refractivity contribution in [1.29, 1.82) is 0 Å². The maximum Gasteiger partial charge on any atom is 0.189 e. The fourth-order valence-corrected chi connectivity index (χ4v) is 2.89. The summed E-state index contributed by atoms with van der Waals surface area (Å²) in [7, 11) is 4.00. The van der Waals surface area contributed by atoms with E-state index in [1.165, 1.54) is 0 Å². The minimum atomic E-state index is 0.0577. The number of aliphatic imine (C=N–C) groups is 1. The van der Waals surface area contributed by atoms with Gasteiger partial charge in [-0.2, -0.15) is 0 Å². The van der Waals surface area contributed by atoms with E-state index in [2.05, 4.69) is 21.3 Å². The van der Waals surface area contributed by atoms with Crippen molar-refractivity contribution in [3.63, 3.8) is 0 Å². The van der Waals surface area contributed by atoms with E-state index in [-0.39, 0.29) is 12.1 Å². The summed E-state index contributed by atoms with van der Waals surface area (Å²) in [4.78, 5) is 6.58. The highest BCUT2D eigenvalue weighted by Gasteiger charge is 2.22. The molecular weight excluding hydrogens is 304 g/mol. The molecule has 3 N–H and O–H groups in total. The summed E-state index contributed by atoms with van der Waals surface area (Å²) in [6.45, 7) is 1.21. The topological polar surface area (TPSA) is 76.0 Å². The van der Waals surface area contributed by atoms with Crippen LogP contribution in [-0.4, -0.2) is 38.1 Å². The SMILES string of the molecule is CN(C)C(CN=C(N)NC1CCOc2ccccc21)c1ccco1. The van der Waals surface area contributed by atoms with Gasteiger partial charge < -0.3 is 20.2 Å². The molecule has 2 atom stereocenters. The zero-order valence-electron chi connectivity index (χ0n) is 14.1. The van der Waals surface area contributed by atoms with Crippen LogP contribution >= 0.6 is 0 Å². The van der Waals surface area contributed by atoms with Crippen molar-refractivity contribution in [2.75, 3.05) is 27.2 Å². The number of para-hydroxylation sites is 1. The number of fused-ring (bicyclic) bond motifs is 1. The number of guanidine groups is 1. The van der Waals surface area contributed by atoms with Crippen LogP contribution in [0.5, 0.6) is 5.75 Å². The Balaban J connectivity index is 1.66. The highest BCUT2D eigenvalue weighted by atomic mass is 16.5. The Hall–Kier alpha value is -2.47. The fourth-order valence-electron chi connectivity index (χ4n) is 2.89. The molecule has 2 unspecified atom stereocenters. The van der Waals surface area contributed by atoms with Crippen molar-refractivity contribution in [2.24, 2.45) is 10.7 Å². The number of rotatable bonds is 5. The molecule has 3 rings (SSSR count). The van der Waals surface area contributed by atoms with E-state index in [0.717, 1.165) is 23.5 Å². The third-order valence-corrected chi connectivity index (χ3v) is 4.21. The lowest BCUT2D eigenvalue weighted by Gasteiger charge is -2.27. The van der Waals surface area contributed by atoms with Crippen molar-refractivity contribution in [2.45, 2.75) is 18.5 Å². The van der Waals surface area contributed by atoms with Gasteiger partial charge in [0.2, 0.25) is 0 Å². The van der Waals surface area contributed by atoms with Gasteiger partial charge in [-0.05, 0) is 32.3 Å². The molecule has 0 saturated carbocycles. The van der Waals surface area contributed by atoms with Gasteiger partial charge in [0.25, 0.3) is 0 Å². The first-order valence-corrected chi connectivity index (χ1v) is 8.13. The van der Waals surface area contributed by atoms with Crippen LogP contribution in [0, 0.1) is 0 Å². The van der Waals surface area contributed by atoms with Gasteiger partial charge in [-0.25, -0.2) is 0 Å². The van der Waals surface area contributed by atoms with Crippen LogP contribution in [0.25, 0.3) is 0 Å². The Kier molecular flexibility index (Phi) is 5.05. The van der Waals surface area contributed by atoms with Gasteiger partial charge in [0.05, 0.1) is 31.5 Å². The largest absolute Gasteiger partial charge is 0.493 e. The average Bonchev–Trinajstić information content (AvgIpc) is 3.09. The zero-order valence-corrected chi connectivity index (χ0v) is 14.1. The molecule has 1 aliphatic rings. The van der Waals surface area contributed by atoms with E-state index in [4.69, 9.17) is 14.9 Å². The van der Waals surface area contributed by atoms with Crippen molar-refractivity contribution in [3.8, 4) is 5.75 Å². The summed E-state index contributed by atoms with van der Waals surface area (Å²) in [6, 6.07) is 12.1. The van der Waals surface area contributed by atoms with Gasteiger partial charge in [0.15, 0.2) is 5.96 Å². The van der Waals surface area contributed by atoms with E-state index in [1.54, 1.807) is 6.26 Å². The first kappa shape index (κ1) is 16.4. The molecule has 1 aromatic heterocycles. The van der Waals surface area contributed by atoms with Gasteiger partial charge in [-0.1, -0.05) is 18.2 Å². The Labute approximate surface area is 142 Å². The van der Waals surface area contributed by atoms with Crippen molar-refractivity contribution in [3.05, 3.63) is 54.0 Å². The molecular formula is C18H24N4O2. The number of nitrogens with zero attached hydrogens (tertiary/aromatic N) is 2. The minimum Gasteiger partial charge on any atom is -0.493 e. The lowest BCUT2D eigenvalue weighted by atomic mass is 10.0. The molecule has 1 aliphatic heterocycles. The van der Waals surface area contributed by atoms with Crippen LogP contribution in [0.3, 0.4) is 0 Å². The maximum absolute atomic E-state index is 6.11. The molecule has 0 fully saturated rings. The van der Waals surface area contributed by atoms with E-state index in [0.29, 0.717) is 19.1 Å². The molecule has 2 aromatic rings. The fraction of sp³-hybridized carbons (Fsp3) is 0.389. The van der Waals surface area contributed by atoms with E-state index in [1.807, 2.05) is 44.4 Å². The molecule has 0 radical (unpaired) electrons. The summed E-state index contributed by atoms with van der Waals surface area (Å²) in [5.41, 5.74) is 7.23. The van der Waals surface area contributed by atoms with Crippen molar-refractivity contribution in [1.82, 2.24) is 10.2 Å². The second kappa shape index (κ2) is 7.40. The molecule has 24 heavy (non-hydrogen) atoms. The maximum atomic E-state index is 6.11. The predicted molar refractivity (Wildman–Crippen MR) is 94.1 cm³/mol. The third-order valence-electron chi connectivity index (χ3n) is 4.21. The van der Waals surface area contributed by atoms with E-state index < -0.39 is 0 Å². The van der Waals surface area contributed by atoms with Crippen molar-refractivity contribution < 1.29 is 9.15 Å². The van der Waals surface area contributed by atoms with Gasteiger partial charge in [0.1, 0.15) is 11.5 Å². The van der Waals surface area contributed by atoms with Gasteiger partial charge in [-0.15, -0.1) is 0 Å². The molecule has 6 nitrogen and oxygen atoms in total. The monoisotopic (exact) mass is 328 g/mol. The van der Waals surface area contributed by atoms with Crippen LogP contribution in [0.2, 0.25) is 0 Å². The van der Waals surface area contributed by atoms with Crippen molar-refractivity contribution >= 4 is 5.96 Å². The standard InChI is InChI=1S/C18H24N4O2/c1-22(2)15(17-8-5-10-23-17)12-20-18(19)21-14-9-11-24-16-7-4-3-6-13(14)16/h3-8,10,14-15H,9,11-12H2,1-2H3,(H3,19,20,21). The summed E-state index contributed by atoms with van der Waals surface area (Å²) in [5, 5.41) is 3.31. The van der Waals surface area contributed by atoms with Crippen LogP contribution in [0.4, 0.5) is 0 Å². The number of furan rings is 1. The molecule has 6 heteroatoms. The smallest absolute Gasteiger partial charge is 0.189 e. The molecule has 0 bridgehead atoms. The Morgan fingerprint density at radius 2 is 2.17 bits per heavy atom. The van der Waals surface area contributed by atoms with Crippen LogP contribution in [0.1, 0.15) is 29.8 Å². The Morgan fingerprint density at radius 1 is 1.33 bits per heavy atom. The summed E-state index contributed by atoms with van der Waals surface area (Å²) in [6.07, 6.45) is 2.54. The number of hydrogen-bond donors (Lipinski definition) is 2. The van der Waals surface area contributed by atoms with Crippen LogP contribution in [0.15, 0.2) is 52.1 Å². The highest BCUT2D eigenvalue weighted by molar-refractivity contribution is 5.78. The summed E-state index contributed by atoms with van der Waals surface area (Å²) < 4.78 is 11.2. The van der Waals surface area contributed by atoms with Crippen LogP contribution in [-0.2, 0) is 0 Å². The number of nitrogens with two attached hydrogens (primary N) is 1. The number of benzene rings is 1. The van der Waals surface area contributed by atoms with Crippen LogP contribution < -0.4 is 15.8 Å². The molecule has 0 spiro atoms. The molecule has 2 heterocycles. The first-order chi connectivity index (χ1) is 11.6. The second-order valence-electron chi connectivity index (χ2n) is 6.09. The highest BCUT2D eigenvalue weighted by Crippen LogP contribution is 2.31. The first-order valence-electron chi connectivity index (χ1n) is 8.13. The van der Waals surface area contributed by atoms with Gasteiger partial charge >= 0.3 is 0 Å². The predicted octanol–water partition coefficient (Wildman–Crippen LogP) is 2.31. The molecule has 0 aliphatic carbocycles. The van der Waals surface area contributed by atoms with Gasteiger partial charge in [0, 0.05) is 12.0 Å². The Morgan fingerprint density at radius 3 is 2.92 bits per heavy atom. The number of hydrogen-bond acceptors (Lipinski definition) is 4. The molecule has 128 valence electrons. The number of ether oxygens (including phenoxy) is 1. The normalized spacial score (nSPS) is 18.8. The molecule has 0 amide bonds. The van der Waals surface area contributed by atoms with Gasteiger partial charge in [-0.3, -0.25) is 9.89 Å². The number of nitrogens with one attached hydrogen (secondary N) is 1. The lowest BCUT2D eigenvalue weighted by Crippen LogP contribution is -2.38. The lowest BCUT2D eigenvalue weighted by molar-refractivity contribution is 0.260. The summed E-state index contributed by atoms with van der Waals surface area (Å²) in [5.74, 6) is 2.24. The average molecular weight is 328 g/mol. The molecule has 0 saturated heterocycles. The Bertz CT molecular complexity index is 682. The van der Waals surface area contributed by atoms with E-state index >= 15 is 0 Å². The third kappa shape index (κ3) is 3.71. The second-order valence-corrected chi connectivity index (χ2v) is 6.09.